The highest BCUT2D eigenvalue weighted by molar-refractivity contribution is 7.15. The standard InChI is InChI=1S/C21H21N3O4S/c1-13-15(3)29-20(24-11-7-8-12-24)17(13)21(27)28-14(2)18(25)22-23-19(26)16-9-5-4-6-10-16/h4-12,14H,1-3H3,(H,22,25)(H,23,26)/t14-/m1/s1. The van der Waals surface area contributed by atoms with Crippen LogP contribution in [0.15, 0.2) is 54.9 Å². The Balaban J connectivity index is 1.65. The van der Waals surface area contributed by atoms with Crippen LogP contribution in [-0.4, -0.2) is 28.5 Å². The molecule has 3 rings (SSSR count). The van der Waals surface area contributed by atoms with Crippen LogP contribution in [-0.2, 0) is 9.53 Å². The Bertz CT molecular complexity index is 1030. The van der Waals surface area contributed by atoms with Gasteiger partial charge in [-0.3, -0.25) is 20.4 Å². The van der Waals surface area contributed by atoms with Crippen LogP contribution in [0.5, 0.6) is 0 Å². The fourth-order valence-corrected chi connectivity index (χ4v) is 3.77. The van der Waals surface area contributed by atoms with E-state index in [1.54, 1.807) is 30.3 Å². The molecule has 0 fully saturated rings. The van der Waals surface area contributed by atoms with Gasteiger partial charge in [-0.1, -0.05) is 18.2 Å². The molecule has 150 valence electrons. The summed E-state index contributed by atoms with van der Waals surface area (Å²) in [7, 11) is 0. The number of rotatable bonds is 5. The first-order chi connectivity index (χ1) is 13.9. The molecule has 0 saturated carbocycles. The molecule has 1 aromatic carbocycles. The van der Waals surface area contributed by atoms with Crippen LogP contribution in [0.4, 0.5) is 0 Å². The van der Waals surface area contributed by atoms with E-state index in [1.165, 1.54) is 18.3 Å². The van der Waals surface area contributed by atoms with E-state index in [1.807, 2.05) is 42.9 Å². The lowest BCUT2D eigenvalue weighted by atomic mass is 10.1. The van der Waals surface area contributed by atoms with Gasteiger partial charge in [-0.05, 0) is 50.6 Å². The van der Waals surface area contributed by atoms with Gasteiger partial charge in [0.25, 0.3) is 11.8 Å². The molecule has 0 radical (unpaired) electrons. The quantitative estimate of drug-likeness (QED) is 0.499. The van der Waals surface area contributed by atoms with E-state index in [4.69, 9.17) is 4.74 Å². The molecule has 2 heterocycles. The fourth-order valence-electron chi connectivity index (χ4n) is 2.66. The minimum absolute atomic E-state index is 0.401. The van der Waals surface area contributed by atoms with Crippen molar-refractivity contribution in [2.24, 2.45) is 0 Å². The smallest absolute Gasteiger partial charge is 0.342 e. The van der Waals surface area contributed by atoms with Crippen LogP contribution in [0.3, 0.4) is 0 Å². The average molecular weight is 411 g/mol. The van der Waals surface area contributed by atoms with Crippen molar-refractivity contribution < 1.29 is 19.1 Å². The second-order valence-electron chi connectivity index (χ2n) is 6.41. The highest BCUT2D eigenvalue weighted by atomic mass is 32.1. The van der Waals surface area contributed by atoms with E-state index in [2.05, 4.69) is 10.9 Å². The fraction of sp³-hybridized carbons (Fsp3) is 0.190. The predicted octanol–water partition coefficient (Wildman–Crippen LogP) is 3.16. The minimum atomic E-state index is -1.09. The lowest BCUT2D eigenvalue weighted by Crippen LogP contribution is -2.46. The first-order valence-electron chi connectivity index (χ1n) is 8.98. The lowest BCUT2D eigenvalue weighted by Gasteiger charge is -2.15. The molecule has 3 aromatic rings. The van der Waals surface area contributed by atoms with Crippen LogP contribution in [0, 0.1) is 13.8 Å². The Hall–Kier alpha value is -3.39. The number of aryl methyl sites for hydroxylation is 1. The molecule has 2 aromatic heterocycles. The van der Waals surface area contributed by atoms with Gasteiger partial charge in [-0.15, -0.1) is 11.3 Å². The largest absolute Gasteiger partial charge is 0.449 e. The zero-order valence-corrected chi connectivity index (χ0v) is 17.1. The Morgan fingerprint density at radius 3 is 2.31 bits per heavy atom. The van der Waals surface area contributed by atoms with Crippen molar-refractivity contribution in [1.82, 2.24) is 15.4 Å². The number of hydrogen-bond acceptors (Lipinski definition) is 5. The molecule has 1 atom stereocenters. The first-order valence-corrected chi connectivity index (χ1v) is 9.79. The SMILES string of the molecule is Cc1sc(-n2cccc2)c(C(=O)O[C@H](C)C(=O)NNC(=O)c2ccccc2)c1C. The molecule has 0 saturated heterocycles. The van der Waals surface area contributed by atoms with E-state index < -0.39 is 23.9 Å². The summed E-state index contributed by atoms with van der Waals surface area (Å²) in [6, 6.07) is 12.2. The van der Waals surface area contributed by atoms with Gasteiger partial charge in [0.05, 0.1) is 5.56 Å². The van der Waals surface area contributed by atoms with Crippen molar-refractivity contribution in [1.29, 1.82) is 0 Å². The zero-order valence-electron chi connectivity index (χ0n) is 16.3. The van der Waals surface area contributed by atoms with Gasteiger partial charge >= 0.3 is 5.97 Å². The summed E-state index contributed by atoms with van der Waals surface area (Å²) in [5.74, 6) is -1.68. The molecule has 0 aliphatic carbocycles. The molecule has 0 spiro atoms. The van der Waals surface area contributed by atoms with Gasteiger partial charge in [-0.25, -0.2) is 4.79 Å². The van der Waals surface area contributed by atoms with Gasteiger partial charge < -0.3 is 9.30 Å². The van der Waals surface area contributed by atoms with E-state index in [-0.39, 0.29) is 0 Å². The predicted molar refractivity (Wildman–Crippen MR) is 110 cm³/mol. The van der Waals surface area contributed by atoms with E-state index >= 15 is 0 Å². The molecular formula is C21H21N3O4S. The van der Waals surface area contributed by atoms with E-state index in [0.717, 1.165) is 15.4 Å². The van der Waals surface area contributed by atoms with E-state index in [9.17, 15) is 14.4 Å². The lowest BCUT2D eigenvalue weighted by molar-refractivity contribution is -0.129. The minimum Gasteiger partial charge on any atom is -0.449 e. The number of carbonyl (C=O) groups is 3. The Labute approximate surface area is 172 Å². The number of carbonyl (C=O) groups excluding carboxylic acids is 3. The van der Waals surface area contributed by atoms with Crippen LogP contribution in [0.2, 0.25) is 0 Å². The molecule has 0 aliphatic heterocycles. The third-order valence-corrected chi connectivity index (χ3v) is 5.62. The van der Waals surface area contributed by atoms with Crippen LogP contribution in [0.1, 0.15) is 38.1 Å². The molecule has 8 heteroatoms. The maximum atomic E-state index is 12.8. The van der Waals surface area contributed by atoms with Crippen LogP contribution >= 0.6 is 11.3 Å². The topological polar surface area (TPSA) is 89.4 Å². The number of benzene rings is 1. The maximum Gasteiger partial charge on any atom is 0.342 e. The van der Waals surface area contributed by atoms with Gasteiger partial charge in [0.2, 0.25) is 0 Å². The van der Waals surface area contributed by atoms with Gasteiger partial charge in [0.15, 0.2) is 6.10 Å². The van der Waals surface area contributed by atoms with Gasteiger partial charge in [0.1, 0.15) is 5.00 Å². The second kappa shape index (κ2) is 8.74. The van der Waals surface area contributed by atoms with Crippen LogP contribution in [0.25, 0.3) is 5.00 Å². The molecule has 0 bridgehead atoms. The van der Waals surface area contributed by atoms with Gasteiger partial charge in [-0.2, -0.15) is 0 Å². The van der Waals surface area contributed by atoms with Crippen LogP contribution < -0.4 is 10.9 Å². The van der Waals surface area contributed by atoms with Crippen molar-refractivity contribution in [3.63, 3.8) is 0 Å². The summed E-state index contributed by atoms with van der Waals surface area (Å²) in [6.45, 7) is 5.23. The van der Waals surface area contributed by atoms with Crippen molar-refractivity contribution in [2.45, 2.75) is 26.9 Å². The second-order valence-corrected chi connectivity index (χ2v) is 7.61. The first kappa shape index (κ1) is 20.3. The number of hydrogen-bond donors (Lipinski definition) is 2. The molecule has 29 heavy (non-hydrogen) atoms. The summed E-state index contributed by atoms with van der Waals surface area (Å²) in [5, 5.41) is 0.736. The number of thiophene rings is 1. The van der Waals surface area contributed by atoms with Gasteiger partial charge in [0, 0.05) is 22.8 Å². The molecule has 2 amide bonds. The normalized spacial score (nSPS) is 11.6. The Kier molecular flexibility index (Phi) is 6.13. The third-order valence-electron chi connectivity index (χ3n) is 4.40. The number of amides is 2. The number of esters is 1. The summed E-state index contributed by atoms with van der Waals surface area (Å²) < 4.78 is 7.20. The van der Waals surface area contributed by atoms with Crippen molar-refractivity contribution >= 4 is 29.1 Å². The molecule has 0 aliphatic rings. The number of ether oxygens (including phenoxy) is 1. The third kappa shape index (κ3) is 4.55. The number of hydrazine groups is 1. The number of nitrogens with zero attached hydrogens (tertiary/aromatic N) is 1. The number of aromatic nitrogens is 1. The maximum absolute atomic E-state index is 12.8. The van der Waals surface area contributed by atoms with Crippen molar-refractivity contribution in [3.8, 4) is 5.00 Å². The summed E-state index contributed by atoms with van der Waals surface area (Å²) in [5.41, 5.74) is 6.23. The monoisotopic (exact) mass is 411 g/mol. The highest BCUT2D eigenvalue weighted by Gasteiger charge is 2.26. The molecule has 2 N–H and O–H groups in total. The molecule has 7 nitrogen and oxygen atoms in total. The zero-order chi connectivity index (χ0) is 21.0. The van der Waals surface area contributed by atoms with Crippen molar-refractivity contribution in [2.75, 3.05) is 0 Å². The summed E-state index contributed by atoms with van der Waals surface area (Å²) in [6.07, 6.45) is 2.60. The summed E-state index contributed by atoms with van der Waals surface area (Å²) >= 11 is 1.48. The molecule has 0 unspecified atom stereocenters. The Morgan fingerprint density at radius 2 is 1.66 bits per heavy atom. The molecular weight excluding hydrogens is 390 g/mol. The average Bonchev–Trinajstić information content (AvgIpc) is 3.35. The van der Waals surface area contributed by atoms with E-state index in [0.29, 0.717) is 11.1 Å². The highest BCUT2D eigenvalue weighted by Crippen LogP contribution is 2.31. The summed E-state index contributed by atoms with van der Waals surface area (Å²) in [4.78, 5) is 38.0. The Morgan fingerprint density at radius 1 is 1.00 bits per heavy atom. The van der Waals surface area contributed by atoms with Crippen molar-refractivity contribution in [3.05, 3.63) is 76.4 Å². The number of nitrogens with one attached hydrogen (secondary N) is 2.